The Balaban J connectivity index is 1.37. The number of esters is 1. The lowest BCUT2D eigenvalue weighted by Crippen LogP contribution is -2.50. The number of nitrogens with one attached hydrogen (secondary N) is 1. The van der Waals surface area contributed by atoms with Crippen LogP contribution in [0.15, 0.2) is 54.6 Å². The standard InChI is InChI=1S/C26H28N2O5/c1-17(2)22(28-23(30)19-11-6-7-12-20(19)24(28)31)25(32)33-15-21(29)27-16-26(13-8-14-26)18-9-4-3-5-10-18/h3-7,9-12,17,22H,8,13-16H2,1-2H3,(H,27,29)/t22-/m0/s1. The van der Waals surface area contributed by atoms with Gasteiger partial charge in [-0.2, -0.15) is 0 Å². The Kier molecular flexibility index (Phi) is 6.31. The molecule has 3 amide bonds. The molecular weight excluding hydrogens is 420 g/mol. The van der Waals surface area contributed by atoms with Crippen LogP contribution in [0.1, 0.15) is 59.4 Å². The molecule has 0 radical (unpaired) electrons. The van der Waals surface area contributed by atoms with Crippen LogP contribution in [-0.2, 0) is 19.7 Å². The third kappa shape index (κ3) is 4.27. The van der Waals surface area contributed by atoms with Gasteiger partial charge in [-0.1, -0.05) is 62.7 Å². The number of carbonyl (C=O) groups is 4. The number of carbonyl (C=O) groups excluding carboxylic acids is 4. The minimum Gasteiger partial charge on any atom is -0.454 e. The van der Waals surface area contributed by atoms with Crippen molar-refractivity contribution in [2.45, 2.75) is 44.6 Å². The van der Waals surface area contributed by atoms with Crippen molar-refractivity contribution in [3.8, 4) is 0 Å². The van der Waals surface area contributed by atoms with Crippen molar-refractivity contribution >= 4 is 23.7 Å². The second-order valence-electron chi connectivity index (χ2n) is 9.10. The van der Waals surface area contributed by atoms with Crippen LogP contribution in [0.4, 0.5) is 0 Å². The van der Waals surface area contributed by atoms with E-state index in [1.54, 1.807) is 38.1 Å². The highest BCUT2D eigenvalue weighted by molar-refractivity contribution is 6.22. The summed E-state index contributed by atoms with van der Waals surface area (Å²) in [5.74, 6) is -2.60. The fourth-order valence-corrected chi connectivity index (χ4v) is 4.64. The minimum absolute atomic E-state index is 0.0818. The molecule has 2 aliphatic rings. The molecule has 33 heavy (non-hydrogen) atoms. The number of hydrogen-bond acceptors (Lipinski definition) is 5. The first-order chi connectivity index (χ1) is 15.8. The van der Waals surface area contributed by atoms with Gasteiger partial charge in [-0.15, -0.1) is 0 Å². The molecule has 7 heteroatoms. The van der Waals surface area contributed by atoms with Gasteiger partial charge in [-0.25, -0.2) is 4.79 Å². The zero-order valence-corrected chi connectivity index (χ0v) is 18.9. The predicted octanol–water partition coefficient (Wildman–Crippen LogP) is 3.09. The van der Waals surface area contributed by atoms with E-state index >= 15 is 0 Å². The Bertz CT molecular complexity index is 1040. The van der Waals surface area contributed by atoms with Crippen molar-refractivity contribution in [3.63, 3.8) is 0 Å². The summed E-state index contributed by atoms with van der Waals surface area (Å²) in [4.78, 5) is 51.9. The fourth-order valence-electron chi connectivity index (χ4n) is 4.64. The third-order valence-electron chi connectivity index (χ3n) is 6.64. The summed E-state index contributed by atoms with van der Waals surface area (Å²) in [5.41, 5.74) is 1.65. The molecule has 1 saturated carbocycles. The van der Waals surface area contributed by atoms with E-state index in [0.717, 1.165) is 24.2 Å². The highest BCUT2D eigenvalue weighted by Crippen LogP contribution is 2.43. The summed E-state index contributed by atoms with van der Waals surface area (Å²) in [6, 6.07) is 15.5. The smallest absolute Gasteiger partial charge is 0.330 e. The van der Waals surface area contributed by atoms with Crippen molar-refractivity contribution in [1.82, 2.24) is 10.2 Å². The van der Waals surface area contributed by atoms with Gasteiger partial charge < -0.3 is 10.1 Å². The summed E-state index contributed by atoms with van der Waals surface area (Å²) in [7, 11) is 0. The van der Waals surface area contributed by atoms with E-state index in [4.69, 9.17) is 4.74 Å². The van der Waals surface area contributed by atoms with Crippen molar-refractivity contribution in [2.24, 2.45) is 5.92 Å². The molecule has 2 aromatic carbocycles. The molecule has 1 heterocycles. The number of amides is 3. The van der Waals surface area contributed by atoms with Crippen LogP contribution in [-0.4, -0.2) is 47.8 Å². The molecule has 1 aliphatic carbocycles. The van der Waals surface area contributed by atoms with Crippen LogP contribution in [0.25, 0.3) is 0 Å². The Labute approximate surface area is 193 Å². The van der Waals surface area contributed by atoms with Crippen molar-refractivity contribution < 1.29 is 23.9 Å². The van der Waals surface area contributed by atoms with E-state index in [9.17, 15) is 19.2 Å². The normalized spacial score (nSPS) is 17.4. The Morgan fingerprint density at radius 3 is 2.06 bits per heavy atom. The Morgan fingerprint density at radius 2 is 1.55 bits per heavy atom. The summed E-state index contributed by atoms with van der Waals surface area (Å²) in [6.07, 6.45) is 3.09. The maximum Gasteiger partial charge on any atom is 0.330 e. The molecule has 1 N–H and O–H groups in total. The molecule has 1 fully saturated rings. The molecule has 4 rings (SSSR count). The van der Waals surface area contributed by atoms with Gasteiger partial charge in [0.15, 0.2) is 6.61 Å². The number of rotatable bonds is 8. The first-order valence-electron chi connectivity index (χ1n) is 11.3. The molecule has 2 aromatic rings. The van der Waals surface area contributed by atoms with Crippen LogP contribution in [0.3, 0.4) is 0 Å². The maximum absolute atomic E-state index is 12.9. The maximum atomic E-state index is 12.9. The van der Waals surface area contributed by atoms with Gasteiger partial charge >= 0.3 is 5.97 Å². The molecule has 0 spiro atoms. The average Bonchev–Trinajstić information content (AvgIpc) is 3.03. The molecule has 0 aromatic heterocycles. The van der Waals surface area contributed by atoms with Crippen molar-refractivity contribution in [2.75, 3.05) is 13.2 Å². The van der Waals surface area contributed by atoms with Crippen LogP contribution in [0.5, 0.6) is 0 Å². The average molecular weight is 449 g/mol. The first kappa shape index (κ1) is 22.7. The number of hydrogen-bond donors (Lipinski definition) is 1. The molecule has 1 atom stereocenters. The summed E-state index contributed by atoms with van der Waals surface area (Å²) < 4.78 is 5.26. The number of benzene rings is 2. The lowest BCUT2D eigenvalue weighted by atomic mass is 9.64. The van der Waals surface area contributed by atoms with Gasteiger partial charge in [0.25, 0.3) is 17.7 Å². The van der Waals surface area contributed by atoms with Gasteiger partial charge in [-0.05, 0) is 36.5 Å². The van der Waals surface area contributed by atoms with E-state index in [-0.39, 0.29) is 22.5 Å². The Morgan fingerprint density at radius 1 is 0.970 bits per heavy atom. The Hall–Kier alpha value is -3.48. The monoisotopic (exact) mass is 448 g/mol. The highest BCUT2D eigenvalue weighted by Gasteiger charge is 2.45. The van der Waals surface area contributed by atoms with Crippen LogP contribution in [0.2, 0.25) is 0 Å². The largest absolute Gasteiger partial charge is 0.454 e. The minimum atomic E-state index is -1.10. The highest BCUT2D eigenvalue weighted by atomic mass is 16.5. The van der Waals surface area contributed by atoms with Gasteiger partial charge in [0.2, 0.25) is 0 Å². The lowest BCUT2D eigenvalue weighted by molar-refractivity contribution is -0.153. The van der Waals surface area contributed by atoms with E-state index in [2.05, 4.69) is 17.4 Å². The van der Waals surface area contributed by atoms with E-state index < -0.39 is 36.3 Å². The molecular formula is C26H28N2O5. The fraction of sp³-hybridized carbons (Fsp3) is 0.385. The van der Waals surface area contributed by atoms with Crippen molar-refractivity contribution in [1.29, 1.82) is 0 Å². The quantitative estimate of drug-likeness (QED) is 0.495. The van der Waals surface area contributed by atoms with Gasteiger partial charge in [0, 0.05) is 12.0 Å². The number of ether oxygens (including phenoxy) is 1. The number of nitrogens with zero attached hydrogens (tertiary/aromatic N) is 1. The summed E-state index contributed by atoms with van der Waals surface area (Å²) in [6.45, 7) is 3.47. The molecule has 0 unspecified atom stereocenters. The zero-order chi connectivity index (χ0) is 23.6. The topological polar surface area (TPSA) is 92.8 Å². The molecule has 0 bridgehead atoms. The summed E-state index contributed by atoms with van der Waals surface area (Å²) >= 11 is 0. The molecule has 1 aliphatic heterocycles. The second-order valence-corrected chi connectivity index (χ2v) is 9.10. The molecule has 0 saturated heterocycles. The number of fused-ring (bicyclic) bond motifs is 1. The van der Waals surface area contributed by atoms with Gasteiger partial charge in [-0.3, -0.25) is 19.3 Å². The van der Waals surface area contributed by atoms with E-state index in [0.29, 0.717) is 6.54 Å². The second kappa shape index (κ2) is 9.17. The van der Waals surface area contributed by atoms with Gasteiger partial charge in [0.05, 0.1) is 11.1 Å². The first-order valence-corrected chi connectivity index (χ1v) is 11.3. The lowest BCUT2D eigenvalue weighted by Gasteiger charge is -2.42. The van der Waals surface area contributed by atoms with Gasteiger partial charge in [0.1, 0.15) is 6.04 Å². The predicted molar refractivity (Wildman–Crippen MR) is 122 cm³/mol. The summed E-state index contributed by atoms with van der Waals surface area (Å²) in [5, 5.41) is 2.89. The molecule has 7 nitrogen and oxygen atoms in total. The SMILES string of the molecule is CC(C)[C@@H](C(=O)OCC(=O)NCC1(c2ccccc2)CCC1)N1C(=O)c2ccccc2C1=O. The van der Waals surface area contributed by atoms with E-state index in [1.807, 2.05) is 18.2 Å². The van der Waals surface area contributed by atoms with Crippen molar-refractivity contribution in [3.05, 3.63) is 71.3 Å². The van der Waals surface area contributed by atoms with E-state index in [1.165, 1.54) is 5.56 Å². The van der Waals surface area contributed by atoms with Crippen LogP contribution in [0, 0.1) is 5.92 Å². The molecule has 172 valence electrons. The number of imide groups is 1. The van der Waals surface area contributed by atoms with Crippen LogP contribution < -0.4 is 5.32 Å². The van der Waals surface area contributed by atoms with Crippen LogP contribution >= 0.6 is 0 Å². The third-order valence-corrected chi connectivity index (χ3v) is 6.64. The zero-order valence-electron chi connectivity index (χ0n) is 18.9.